The molecule has 2 aliphatic heterocycles. The molecule has 1 saturated heterocycles. The van der Waals surface area contributed by atoms with E-state index in [-0.39, 0.29) is 12.2 Å². The summed E-state index contributed by atoms with van der Waals surface area (Å²) in [5.41, 5.74) is 3.34. The first kappa shape index (κ1) is 19.8. The largest absolute Gasteiger partial charge is 0.489 e. The quantitative estimate of drug-likeness (QED) is 0.616. The molecule has 2 aromatic heterocycles. The second kappa shape index (κ2) is 8.94. The maximum absolute atomic E-state index is 6.08. The van der Waals surface area contributed by atoms with Crippen LogP contribution in [0.2, 0.25) is 0 Å². The van der Waals surface area contributed by atoms with Crippen LogP contribution in [0.1, 0.15) is 35.8 Å². The predicted octanol–water partition coefficient (Wildman–Crippen LogP) is 4.34. The van der Waals surface area contributed by atoms with Gasteiger partial charge in [-0.05, 0) is 55.2 Å². The van der Waals surface area contributed by atoms with Crippen molar-refractivity contribution in [2.45, 2.75) is 38.5 Å². The van der Waals surface area contributed by atoms with Crippen LogP contribution < -0.4 is 14.2 Å². The molecule has 1 atom stereocenters. The van der Waals surface area contributed by atoms with Crippen molar-refractivity contribution >= 4 is 0 Å². The Morgan fingerprint density at radius 1 is 1.06 bits per heavy atom. The lowest BCUT2D eigenvalue weighted by atomic mass is 10.0. The summed E-state index contributed by atoms with van der Waals surface area (Å²) >= 11 is 0. The second-order valence-electron chi connectivity index (χ2n) is 8.20. The van der Waals surface area contributed by atoms with E-state index in [2.05, 4.69) is 39.1 Å². The molecule has 160 valence electrons. The smallest absolute Gasteiger partial charge is 0.257 e. The Balaban J connectivity index is 1.14. The maximum Gasteiger partial charge on any atom is 0.257 e. The number of hydrogen-bond acceptors (Lipinski definition) is 6. The van der Waals surface area contributed by atoms with Gasteiger partial charge in [0.1, 0.15) is 18.5 Å². The van der Waals surface area contributed by atoms with Crippen molar-refractivity contribution in [3.05, 3.63) is 77.7 Å². The van der Waals surface area contributed by atoms with E-state index in [1.807, 2.05) is 31.2 Å². The third kappa shape index (κ3) is 4.80. The number of likely N-dealkylation sites (tertiary alicyclic amines) is 1. The van der Waals surface area contributed by atoms with Gasteiger partial charge >= 0.3 is 0 Å². The number of aromatic nitrogens is 2. The summed E-state index contributed by atoms with van der Waals surface area (Å²) in [5, 5.41) is 0. The number of benzene rings is 1. The van der Waals surface area contributed by atoms with E-state index in [1.54, 1.807) is 12.4 Å². The average molecular weight is 418 g/mol. The molecule has 0 N–H and O–H groups in total. The summed E-state index contributed by atoms with van der Waals surface area (Å²) in [4.78, 5) is 11.1. The van der Waals surface area contributed by atoms with E-state index in [4.69, 9.17) is 14.2 Å². The maximum atomic E-state index is 6.08. The molecule has 1 aromatic carbocycles. The lowest BCUT2D eigenvalue weighted by molar-refractivity contribution is 0.0847. The van der Waals surface area contributed by atoms with Crippen molar-refractivity contribution in [3.63, 3.8) is 0 Å². The lowest BCUT2D eigenvalue weighted by Crippen LogP contribution is -2.37. The van der Waals surface area contributed by atoms with Crippen molar-refractivity contribution < 1.29 is 14.2 Å². The van der Waals surface area contributed by atoms with Crippen LogP contribution in [0.3, 0.4) is 0 Å². The Kier molecular flexibility index (Phi) is 5.71. The zero-order chi connectivity index (χ0) is 21.0. The molecule has 0 saturated carbocycles. The Morgan fingerprint density at radius 3 is 2.68 bits per heavy atom. The van der Waals surface area contributed by atoms with Crippen LogP contribution in [0.15, 0.2) is 60.9 Å². The molecule has 0 bridgehead atoms. The fourth-order valence-corrected chi connectivity index (χ4v) is 4.10. The summed E-state index contributed by atoms with van der Waals surface area (Å²) in [6.07, 6.45) is 5.76. The fraction of sp³-hybridized carbons (Fsp3) is 0.360. The summed E-state index contributed by atoms with van der Waals surface area (Å²) in [6, 6.07) is 16.4. The zero-order valence-electron chi connectivity index (χ0n) is 17.7. The summed E-state index contributed by atoms with van der Waals surface area (Å²) in [6.45, 7) is 5.48. The molecule has 4 heterocycles. The standard InChI is InChI=1S/C25H27N3O3/c1-18-4-9-23-25(27-18)31-24(17-29-23)20-7-5-19(6-8-20)16-28-13-10-21(11-14-28)30-22-3-2-12-26-15-22/h2-9,12,15,21,24H,10-11,13-14,16-17H2,1H3. The van der Waals surface area contributed by atoms with Crippen LogP contribution in [0, 0.1) is 6.92 Å². The highest BCUT2D eigenvalue weighted by Gasteiger charge is 2.24. The molecule has 0 spiro atoms. The van der Waals surface area contributed by atoms with Gasteiger partial charge in [0.05, 0.1) is 6.20 Å². The minimum Gasteiger partial charge on any atom is -0.489 e. The number of rotatable bonds is 5. The van der Waals surface area contributed by atoms with Gasteiger partial charge in [-0.15, -0.1) is 0 Å². The Labute approximate surface area is 182 Å². The van der Waals surface area contributed by atoms with E-state index < -0.39 is 0 Å². The Bertz CT molecular complexity index is 1000. The Morgan fingerprint density at radius 2 is 1.90 bits per heavy atom. The van der Waals surface area contributed by atoms with Crippen LogP contribution in [0.25, 0.3) is 0 Å². The van der Waals surface area contributed by atoms with E-state index in [0.29, 0.717) is 12.5 Å². The van der Waals surface area contributed by atoms with Crippen LogP contribution in [-0.4, -0.2) is 40.7 Å². The molecule has 0 aliphatic carbocycles. The lowest BCUT2D eigenvalue weighted by Gasteiger charge is -2.32. The van der Waals surface area contributed by atoms with Gasteiger partial charge in [-0.3, -0.25) is 9.88 Å². The van der Waals surface area contributed by atoms with Gasteiger partial charge < -0.3 is 14.2 Å². The number of hydrogen-bond donors (Lipinski definition) is 0. The molecule has 0 radical (unpaired) electrons. The van der Waals surface area contributed by atoms with Crippen molar-refractivity contribution in [3.8, 4) is 17.4 Å². The van der Waals surface area contributed by atoms with Gasteiger partial charge in [0, 0.05) is 31.5 Å². The van der Waals surface area contributed by atoms with Crippen molar-refractivity contribution in [2.24, 2.45) is 0 Å². The third-order valence-electron chi connectivity index (χ3n) is 5.84. The van der Waals surface area contributed by atoms with E-state index in [1.165, 1.54) is 5.56 Å². The van der Waals surface area contributed by atoms with Crippen LogP contribution in [0.5, 0.6) is 17.4 Å². The minimum absolute atomic E-state index is 0.129. The number of fused-ring (bicyclic) bond motifs is 1. The number of nitrogens with zero attached hydrogens (tertiary/aromatic N) is 3. The molecular weight excluding hydrogens is 390 g/mol. The third-order valence-corrected chi connectivity index (χ3v) is 5.84. The zero-order valence-corrected chi connectivity index (χ0v) is 17.7. The normalized spacial score (nSPS) is 19.2. The molecule has 0 amide bonds. The first-order valence-corrected chi connectivity index (χ1v) is 10.9. The summed E-state index contributed by atoms with van der Waals surface area (Å²) < 4.78 is 18.0. The van der Waals surface area contributed by atoms with Crippen molar-refractivity contribution in [1.82, 2.24) is 14.9 Å². The van der Waals surface area contributed by atoms with Gasteiger partial charge in [0.2, 0.25) is 0 Å². The van der Waals surface area contributed by atoms with Gasteiger partial charge in [0.15, 0.2) is 11.9 Å². The molecule has 2 aliphatic rings. The topological polar surface area (TPSA) is 56.7 Å². The SMILES string of the molecule is Cc1ccc2c(n1)OC(c1ccc(CN3CCC(Oc4cccnc4)CC3)cc1)CO2. The van der Waals surface area contributed by atoms with Gasteiger partial charge in [-0.1, -0.05) is 24.3 Å². The van der Waals surface area contributed by atoms with E-state index in [9.17, 15) is 0 Å². The highest BCUT2D eigenvalue weighted by molar-refractivity contribution is 5.37. The van der Waals surface area contributed by atoms with E-state index >= 15 is 0 Å². The highest BCUT2D eigenvalue weighted by atomic mass is 16.6. The average Bonchev–Trinajstić information content (AvgIpc) is 2.81. The Hall–Kier alpha value is -3.12. The van der Waals surface area contributed by atoms with Crippen LogP contribution in [-0.2, 0) is 6.54 Å². The predicted molar refractivity (Wildman–Crippen MR) is 117 cm³/mol. The van der Waals surface area contributed by atoms with Crippen LogP contribution >= 0.6 is 0 Å². The molecule has 31 heavy (non-hydrogen) atoms. The first-order chi connectivity index (χ1) is 15.2. The van der Waals surface area contributed by atoms with Gasteiger partial charge in [0.25, 0.3) is 5.88 Å². The molecule has 5 rings (SSSR count). The first-order valence-electron chi connectivity index (χ1n) is 10.9. The molecule has 1 fully saturated rings. The molecular formula is C25H27N3O3. The minimum atomic E-state index is -0.129. The fourth-order valence-electron chi connectivity index (χ4n) is 4.10. The van der Waals surface area contributed by atoms with E-state index in [0.717, 1.165) is 55.2 Å². The van der Waals surface area contributed by atoms with Crippen molar-refractivity contribution in [2.75, 3.05) is 19.7 Å². The summed E-state index contributed by atoms with van der Waals surface area (Å²) in [7, 11) is 0. The van der Waals surface area contributed by atoms with Crippen molar-refractivity contribution in [1.29, 1.82) is 0 Å². The molecule has 3 aromatic rings. The van der Waals surface area contributed by atoms with Gasteiger partial charge in [-0.2, -0.15) is 0 Å². The molecule has 6 nitrogen and oxygen atoms in total. The number of ether oxygens (including phenoxy) is 3. The van der Waals surface area contributed by atoms with Gasteiger partial charge in [-0.25, -0.2) is 4.98 Å². The number of aryl methyl sites for hydroxylation is 1. The highest BCUT2D eigenvalue weighted by Crippen LogP contribution is 2.34. The number of pyridine rings is 2. The molecule has 6 heteroatoms. The second-order valence-corrected chi connectivity index (χ2v) is 8.20. The molecule has 1 unspecified atom stereocenters. The summed E-state index contributed by atoms with van der Waals surface area (Å²) in [5.74, 6) is 2.16. The monoisotopic (exact) mass is 417 g/mol. The van der Waals surface area contributed by atoms with Crippen LogP contribution in [0.4, 0.5) is 0 Å². The number of piperidine rings is 1.